The summed E-state index contributed by atoms with van der Waals surface area (Å²) in [5, 5.41) is 8.63. The van der Waals surface area contributed by atoms with Gasteiger partial charge in [0, 0.05) is 23.7 Å². The van der Waals surface area contributed by atoms with Crippen LogP contribution in [0, 0.1) is 5.92 Å². The van der Waals surface area contributed by atoms with Gasteiger partial charge in [-0.3, -0.25) is 4.79 Å². The van der Waals surface area contributed by atoms with E-state index in [1.165, 1.54) is 0 Å². The van der Waals surface area contributed by atoms with Crippen LogP contribution in [0.2, 0.25) is 5.02 Å². The Hall–Kier alpha value is -2.63. The molecule has 0 saturated carbocycles. The summed E-state index contributed by atoms with van der Waals surface area (Å²) >= 11 is 6.02. The fourth-order valence-corrected chi connectivity index (χ4v) is 3.82. The average Bonchev–Trinajstić information content (AvgIpc) is 3.37. The number of carbonyl (C=O) groups is 1. The molecule has 28 heavy (non-hydrogen) atoms. The largest absolute Gasteiger partial charge is 0.337 e. The third-order valence-corrected chi connectivity index (χ3v) is 5.39. The van der Waals surface area contributed by atoms with E-state index >= 15 is 0 Å². The predicted molar refractivity (Wildman–Crippen MR) is 112 cm³/mol. The van der Waals surface area contributed by atoms with Crippen LogP contribution in [0.3, 0.4) is 0 Å². The average molecular weight is 395 g/mol. The minimum absolute atomic E-state index is 0.0233. The van der Waals surface area contributed by atoms with E-state index in [0.717, 1.165) is 43.0 Å². The first-order valence-corrected chi connectivity index (χ1v) is 9.89. The molecule has 1 aromatic heterocycles. The number of nitrogens with one attached hydrogen (secondary N) is 1. The third kappa shape index (κ3) is 3.81. The molecule has 1 atom stereocenters. The van der Waals surface area contributed by atoms with Crippen molar-refractivity contribution in [3.8, 4) is 16.9 Å². The molecule has 1 unspecified atom stereocenters. The number of hydrogen-bond acceptors (Lipinski definition) is 3. The van der Waals surface area contributed by atoms with Gasteiger partial charge in [0.25, 0.3) is 5.91 Å². The van der Waals surface area contributed by atoms with Crippen LogP contribution in [0.1, 0.15) is 16.9 Å². The summed E-state index contributed by atoms with van der Waals surface area (Å²) in [6.45, 7) is 2.48. The minimum atomic E-state index is 0.0233. The van der Waals surface area contributed by atoms with Crippen LogP contribution in [0.15, 0.2) is 60.7 Å². The van der Waals surface area contributed by atoms with Crippen molar-refractivity contribution >= 4 is 17.5 Å². The van der Waals surface area contributed by atoms with Gasteiger partial charge in [-0.15, -0.1) is 0 Å². The molecule has 2 aromatic carbocycles. The van der Waals surface area contributed by atoms with Crippen molar-refractivity contribution in [2.24, 2.45) is 5.92 Å². The number of para-hydroxylation sites is 1. The molecule has 0 aliphatic carbocycles. The number of aromatic nitrogens is 2. The van der Waals surface area contributed by atoms with Gasteiger partial charge in [-0.1, -0.05) is 41.9 Å². The summed E-state index contributed by atoms with van der Waals surface area (Å²) in [7, 11) is 1.95. The van der Waals surface area contributed by atoms with Crippen LogP contribution >= 0.6 is 11.6 Å². The van der Waals surface area contributed by atoms with Gasteiger partial charge in [0.15, 0.2) is 0 Å². The van der Waals surface area contributed by atoms with Crippen molar-refractivity contribution in [1.29, 1.82) is 0 Å². The smallest absolute Gasteiger partial charge is 0.272 e. The van der Waals surface area contributed by atoms with Gasteiger partial charge in [-0.25, -0.2) is 4.68 Å². The molecule has 1 fully saturated rings. The lowest BCUT2D eigenvalue weighted by atomic mass is 10.1. The maximum atomic E-state index is 13.3. The van der Waals surface area contributed by atoms with Crippen molar-refractivity contribution in [1.82, 2.24) is 20.0 Å². The van der Waals surface area contributed by atoms with E-state index in [1.807, 2.05) is 72.6 Å². The third-order valence-electron chi connectivity index (χ3n) is 5.14. The second kappa shape index (κ2) is 8.17. The Labute approximate surface area is 169 Å². The zero-order chi connectivity index (χ0) is 19.5. The van der Waals surface area contributed by atoms with E-state index in [-0.39, 0.29) is 5.91 Å². The Morgan fingerprint density at radius 1 is 1.18 bits per heavy atom. The maximum Gasteiger partial charge on any atom is 0.272 e. The standard InChI is InChI=1S/C22H23ClN4O/c1-24-14-16-11-12-26(15-16)22(28)21-13-20(17-7-9-18(23)10-8-17)25-27(21)19-5-3-2-4-6-19/h2-10,13,16,24H,11-12,14-15H2,1H3. The quantitative estimate of drug-likeness (QED) is 0.714. The summed E-state index contributed by atoms with van der Waals surface area (Å²) in [4.78, 5) is 15.2. The summed E-state index contributed by atoms with van der Waals surface area (Å²) in [6, 6.07) is 19.2. The summed E-state index contributed by atoms with van der Waals surface area (Å²) in [6.07, 6.45) is 1.02. The molecule has 1 saturated heterocycles. The summed E-state index contributed by atoms with van der Waals surface area (Å²) in [5.41, 5.74) is 3.15. The molecule has 0 bridgehead atoms. The van der Waals surface area contributed by atoms with Crippen LogP contribution in [0.25, 0.3) is 16.9 Å². The molecule has 0 radical (unpaired) electrons. The highest BCUT2D eigenvalue weighted by molar-refractivity contribution is 6.30. The highest BCUT2D eigenvalue weighted by Crippen LogP contribution is 2.26. The molecule has 0 spiro atoms. The van der Waals surface area contributed by atoms with Crippen molar-refractivity contribution < 1.29 is 4.79 Å². The fourth-order valence-electron chi connectivity index (χ4n) is 3.70. The number of likely N-dealkylation sites (tertiary alicyclic amines) is 1. The van der Waals surface area contributed by atoms with Crippen molar-refractivity contribution in [2.75, 3.05) is 26.7 Å². The summed E-state index contributed by atoms with van der Waals surface area (Å²) < 4.78 is 1.75. The van der Waals surface area contributed by atoms with E-state index in [4.69, 9.17) is 16.7 Å². The number of benzene rings is 2. The van der Waals surface area contributed by atoms with Gasteiger partial charge in [-0.05, 0) is 56.3 Å². The molecule has 1 aliphatic rings. The van der Waals surface area contributed by atoms with Crippen LogP contribution < -0.4 is 5.32 Å². The topological polar surface area (TPSA) is 50.2 Å². The molecule has 2 heterocycles. The Kier molecular flexibility index (Phi) is 5.46. The van der Waals surface area contributed by atoms with Gasteiger partial charge in [0.05, 0.1) is 11.4 Å². The summed E-state index contributed by atoms with van der Waals surface area (Å²) in [5.74, 6) is 0.521. The van der Waals surface area contributed by atoms with Gasteiger partial charge in [0.1, 0.15) is 5.69 Å². The number of amides is 1. The predicted octanol–water partition coefficient (Wildman–Crippen LogP) is 3.87. The molecule has 3 aromatic rings. The molecular formula is C22H23ClN4O. The Morgan fingerprint density at radius 3 is 2.64 bits per heavy atom. The van der Waals surface area contributed by atoms with Crippen LogP contribution in [-0.4, -0.2) is 47.3 Å². The van der Waals surface area contributed by atoms with Crippen molar-refractivity contribution in [2.45, 2.75) is 6.42 Å². The Morgan fingerprint density at radius 2 is 1.93 bits per heavy atom. The van der Waals surface area contributed by atoms with E-state index in [0.29, 0.717) is 16.6 Å². The van der Waals surface area contributed by atoms with E-state index in [9.17, 15) is 4.79 Å². The highest BCUT2D eigenvalue weighted by atomic mass is 35.5. The number of carbonyl (C=O) groups excluding carboxylic acids is 1. The lowest BCUT2D eigenvalue weighted by Crippen LogP contribution is -2.31. The number of hydrogen-bond donors (Lipinski definition) is 1. The molecule has 1 amide bonds. The second-order valence-corrected chi connectivity index (χ2v) is 7.57. The molecule has 1 N–H and O–H groups in total. The first kappa shape index (κ1) is 18.7. The van der Waals surface area contributed by atoms with E-state index in [1.54, 1.807) is 4.68 Å². The SMILES string of the molecule is CNCC1CCN(C(=O)c2cc(-c3ccc(Cl)cc3)nn2-c2ccccc2)C1. The normalized spacial score (nSPS) is 16.5. The van der Waals surface area contributed by atoms with Gasteiger partial charge >= 0.3 is 0 Å². The molecule has 144 valence electrons. The van der Waals surface area contributed by atoms with Crippen molar-refractivity contribution in [3.63, 3.8) is 0 Å². The van der Waals surface area contributed by atoms with Gasteiger partial charge in [-0.2, -0.15) is 5.10 Å². The van der Waals surface area contributed by atoms with E-state index < -0.39 is 0 Å². The number of nitrogens with zero attached hydrogens (tertiary/aromatic N) is 3. The maximum absolute atomic E-state index is 13.3. The first-order chi connectivity index (χ1) is 13.7. The Balaban J connectivity index is 1.70. The zero-order valence-electron chi connectivity index (χ0n) is 15.8. The second-order valence-electron chi connectivity index (χ2n) is 7.13. The van der Waals surface area contributed by atoms with Crippen molar-refractivity contribution in [3.05, 3.63) is 71.4 Å². The van der Waals surface area contributed by atoms with Gasteiger partial charge < -0.3 is 10.2 Å². The lowest BCUT2D eigenvalue weighted by molar-refractivity contribution is 0.0778. The number of halogens is 1. The number of rotatable bonds is 5. The lowest BCUT2D eigenvalue weighted by Gasteiger charge is -2.17. The monoisotopic (exact) mass is 394 g/mol. The molecular weight excluding hydrogens is 372 g/mol. The highest BCUT2D eigenvalue weighted by Gasteiger charge is 2.29. The molecule has 4 rings (SSSR count). The van der Waals surface area contributed by atoms with Crippen LogP contribution in [0.5, 0.6) is 0 Å². The first-order valence-electron chi connectivity index (χ1n) is 9.51. The van der Waals surface area contributed by atoms with Gasteiger partial charge in [0.2, 0.25) is 0 Å². The van der Waals surface area contributed by atoms with Crippen LogP contribution in [0.4, 0.5) is 0 Å². The van der Waals surface area contributed by atoms with E-state index in [2.05, 4.69) is 5.32 Å². The molecule has 5 nitrogen and oxygen atoms in total. The minimum Gasteiger partial charge on any atom is -0.337 e. The zero-order valence-corrected chi connectivity index (χ0v) is 16.6. The Bertz CT molecular complexity index is 952. The molecule has 1 aliphatic heterocycles. The molecule has 6 heteroatoms. The fraction of sp³-hybridized carbons (Fsp3) is 0.273. The van der Waals surface area contributed by atoms with Crippen LogP contribution in [-0.2, 0) is 0 Å².